The van der Waals surface area contributed by atoms with Crippen molar-refractivity contribution in [1.29, 1.82) is 0 Å². The van der Waals surface area contributed by atoms with Gasteiger partial charge in [-0.25, -0.2) is 0 Å². The molecule has 0 aromatic heterocycles. The first-order valence-corrected chi connectivity index (χ1v) is 15.1. The molecule has 0 bridgehead atoms. The van der Waals surface area contributed by atoms with Crippen molar-refractivity contribution in [3.05, 3.63) is 120 Å². The molecule has 0 atom stereocenters. The minimum atomic E-state index is -0.470. The highest BCUT2D eigenvalue weighted by atomic mass is 16.5. The van der Waals surface area contributed by atoms with Crippen LogP contribution in [0, 0.1) is 0 Å². The van der Waals surface area contributed by atoms with E-state index < -0.39 is 5.92 Å². The Hall–Kier alpha value is -4.78. The summed E-state index contributed by atoms with van der Waals surface area (Å²) < 4.78 is 5.60. The lowest BCUT2D eigenvalue weighted by atomic mass is 9.90. The van der Waals surface area contributed by atoms with Crippen molar-refractivity contribution in [3.63, 3.8) is 0 Å². The zero-order valence-electron chi connectivity index (χ0n) is 24.6. The van der Waals surface area contributed by atoms with Crippen molar-refractivity contribution in [2.75, 3.05) is 61.5 Å². The summed E-state index contributed by atoms with van der Waals surface area (Å²) in [6, 6.07) is 33.5. The number of rotatable bonds is 8. The molecule has 0 unspecified atom stereocenters. The van der Waals surface area contributed by atoms with E-state index in [1.807, 2.05) is 102 Å². The highest BCUT2D eigenvalue weighted by Crippen LogP contribution is 2.33. The number of anilines is 3. The third kappa shape index (κ3) is 6.21. The standard InChI is InChI=1S/C36H38N4O3/c1-43-33-17-9-8-16-32(33)39-24-22-38(23-25-39)31-19-18-29(26-30(31)36(42)40-20-10-11-21-40)37-35(41)34(27-12-4-2-5-13-27)28-14-6-3-7-15-28/h2-9,12-19,26,34H,10-11,20-25H2,1H3,(H,37,41). The van der Waals surface area contributed by atoms with Crippen molar-refractivity contribution >= 4 is 28.9 Å². The number of hydrogen-bond acceptors (Lipinski definition) is 5. The van der Waals surface area contributed by atoms with Crippen LogP contribution in [0.25, 0.3) is 0 Å². The average Bonchev–Trinajstić information content (AvgIpc) is 3.61. The quantitative estimate of drug-likeness (QED) is 0.279. The Bertz CT molecular complexity index is 1510. The number of hydrogen-bond donors (Lipinski definition) is 1. The van der Waals surface area contributed by atoms with E-state index in [-0.39, 0.29) is 11.8 Å². The predicted molar refractivity (Wildman–Crippen MR) is 172 cm³/mol. The lowest BCUT2D eigenvalue weighted by molar-refractivity contribution is -0.116. The molecule has 0 radical (unpaired) electrons. The van der Waals surface area contributed by atoms with Crippen LogP contribution < -0.4 is 19.9 Å². The highest BCUT2D eigenvalue weighted by molar-refractivity contribution is 6.03. The molecule has 220 valence electrons. The first-order valence-electron chi connectivity index (χ1n) is 15.1. The van der Waals surface area contributed by atoms with Crippen LogP contribution in [0.5, 0.6) is 5.75 Å². The van der Waals surface area contributed by atoms with Crippen LogP contribution in [0.2, 0.25) is 0 Å². The van der Waals surface area contributed by atoms with Gasteiger partial charge in [-0.15, -0.1) is 0 Å². The number of carbonyl (C=O) groups is 2. The molecule has 7 nitrogen and oxygen atoms in total. The summed E-state index contributed by atoms with van der Waals surface area (Å²) in [5.74, 6) is 0.293. The van der Waals surface area contributed by atoms with Crippen molar-refractivity contribution < 1.29 is 14.3 Å². The fraction of sp³-hybridized carbons (Fsp3) is 0.278. The van der Waals surface area contributed by atoms with E-state index in [0.717, 1.165) is 80.4 Å². The molecule has 43 heavy (non-hydrogen) atoms. The summed E-state index contributed by atoms with van der Waals surface area (Å²) in [6.45, 7) is 4.70. The molecule has 2 saturated heterocycles. The second-order valence-corrected chi connectivity index (χ2v) is 11.1. The summed E-state index contributed by atoms with van der Waals surface area (Å²) >= 11 is 0. The van der Waals surface area contributed by atoms with Gasteiger partial charge in [0.1, 0.15) is 5.75 Å². The molecule has 2 aliphatic heterocycles. The van der Waals surface area contributed by atoms with Crippen LogP contribution in [0.4, 0.5) is 17.1 Å². The van der Waals surface area contributed by atoms with Gasteiger partial charge in [-0.05, 0) is 54.3 Å². The largest absolute Gasteiger partial charge is 0.495 e. The lowest BCUT2D eigenvalue weighted by Gasteiger charge is -2.38. The molecule has 2 amide bonds. The molecule has 4 aromatic carbocycles. The van der Waals surface area contributed by atoms with Gasteiger partial charge in [-0.3, -0.25) is 9.59 Å². The number of piperazine rings is 1. The first kappa shape index (κ1) is 28.3. The van der Waals surface area contributed by atoms with E-state index in [9.17, 15) is 9.59 Å². The number of methoxy groups -OCH3 is 1. The third-order valence-corrected chi connectivity index (χ3v) is 8.46. The molecule has 0 saturated carbocycles. The number of likely N-dealkylation sites (tertiary alicyclic amines) is 1. The number of amides is 2. The summed E-state index contributed by atoms with van der Waals surface area (Å²) in [7, 11) is 1.70. The number of nitrogens with zero attached hydrogens (tertiary/aromatic N) is 3. The van der Waals surface area contributed by atoms with Crippen molar-refractivity contribution in [1.82, 2.24) is 4.90 Å². The van der Waals surface area contributed by atoms with E-state index in [2.05, 4.69) is 21.2 Å². The second kappa shape index (κ2) is 13.0. The third-order valence-electron chi connectivity index (χ3n) is 8.46. The zero-order chi connectivity index (χ0) is 29.6. The van der Waals surface area contributed by atoms with Crippen molar-refractivity contribution in [2.24, 2.45) is 0 Å². The van der Waals surface area contributed by atoms with E-state index in [1.165, 1.54) is 0 Å². The summed E-state index contributed by atoms with van der Waals surface area (Å²) in [4.78, 5) is 34.2. The monoisotopic (exact) mass is 574 g/mol. The average molecular weight is 575 g/mol. The van der Waals surface area contributed by atoms with Crippen molar-refractivity contribution in [2.45, 2.75) is 18.8 Å². The molecular formula is C36H38N4O3. The fourth-order valence-electron chi connectivity index (χ4n) is 6.23. The Balaban J connectivity index is 1.26. The van der Waals surface area contributed by atoms with E-state index in [4.69, 9.17) is 4.74 Å². The zero-order valence-corrected chi connectivity index (χ0v) is 24.6. The number of nitrogens with one attached hydrogen (secondary N) is 1. The topological polar surface area (TPSA) is 65.1 Å². The Morgan fingerprint density at radius 2 is 1.23 bits per heavy atom. The molecule has 2 fully saturated rings. The Labute approximate surface area is 253 Å². The van der Waals surface area contributed by atoms with Gasteiger partial charge < -0.3 is 24.8 Å². The molecule has 0 aliphatic carbocycles. The van der Waals surface area contributed by atoms with Gasteiger partial charge in [0.05, 0.1) is 24.3 Å². The van der Waals surface area contributed by atoms with Crippen LogP contribution in [0.15, 0.2) is 103 Å². The number of para-hydroxylation sites is 2. The van der Waals surface area contributed by atoms with Crippen LogP contribution in [-0.2, 0) is 4.79 Å². The van der Waals surface area contributed by atoms with Crippen LogP contribution in [-0.4, -0.2) is 63.1 Å². The summed E-state index contributed by atoms with van der Waals surface area (Å²) in [5, 5.41) is 3.15. The van der Waals surface area contributed by atoms with Crippen LogP contribution in [0.3, 0.4) is 0 Å². The highest BCUT2D eigenvalue weighted by Gasteiger charge is 2.28. The molecule has 0 spiro atoms. The van der Waals surface area contributed by atoms with Crippen LogP contribution >= 0.6 is 0 Å². The minimum Gasteiger partial charge on any atom is -0.495 e. The minimum absolute atomic E-state index is 0.0263. The lowest BCUT2D eigenvalue weighted by Crippen LogP contribution is -2.47. The Morgan fingerprint density at radius 3 is 1.84 bits per heavy atom. The Morgan fingerprint density at radius 1 is 0.674 bits per heavy atom. The normalized spacial score (nSPS) is 15.1. The number of carbonyl (C=O) groups excluding carboxylic acids is 2. The summed E-state index contributed by atoms with van der Waals surface area (Å²) in [6.07, 6.45) is 2.04. The van der Waals surface area contributed by atoms with Gasteiger partial charge in [0.2, 0.25) is 5.91 Å². The van der Waals surface area contributed by atoms with Gasteiger partial charge in [0.15, 0.2) is 0 Å². The fourth-order valence-corrected chi connectivity index (χ4v) is 6.23. The maximum absolute atomic E-state index is 13.9. The van der Waals surface area contributed by atoms with Gasteiger partial charge in [0, 0.05) is 50.6 Å². The predicted octanol–water partition coefficient (Wildman–Crippen LogP) is 6.03. The molecule has 6 rings (SSSR count). The molecule has 2 aliphatic rings. The number of benzene rings is 4. The van der Waals surface area contributed by atoms with Gasteiger partial charge in [-0.1, -0.05) is 72.8 Å². The Kier molecular flexibility index (Phi) is 8.59. The van der Waals surface area contributed by atoms with E-state index in [0.29, 0.717) is 11.3 Å². The molecule has 1 N–H and O–H groups in total. The van der Waals surface area contributed by atoms with E-state index >= 15 is 0 Å². The SMILES string of the molecule is COc1ccccc1N1CCN(c2ccc(NC(=O)C(c3ccccc3)c3ccccc3)cc2C(=O)N2CCCC2)CC1. The number of ether oxygens (including phenoxy) is 1. The maximum Gasteiger partial charge on any atom is 0.256 e. The second-order valence-electron chi connectivity index (χ2n) is 11.1. The van der Waals surface area contributed by atoms with Crippen LogP contribution in [0.1, 0.15) is 40.2 Å². The van der Waals surface area contributed by atoms with E-state index in [1.54, 1.807) is 7.11 Å². The van der Waals surface area contributed by atoms with Gasteiger partial charge in [-0.2, -0.15) is 0 Å². The van der Waals surface area contributed by atoms with Crippen molar-refractivity contribution in [3.8, 4) is 5.75 Å². The molecule has 2 heterocycles. The molecule has 4 aromatic rings. The first-order chi connectivity index (χ1) is 21.1. The van der Waals surface area contributed by atoms with Gasteiger partial charge in [0.25, 0.3) is 5.91 Å². The van der Waals surface area contributed by atoms with Gasteiger partial charge >= 0.3 is 0 Å². The molecular weight excluding hydrogens is 536 g/mol. The smallest absolute Gasteiger partial charge is 0.256 e. The molecule has 7 heteroatoms. The summed E-state index contributed by atoms with van der Waals surface area (Å²) in [5.41, 5.74) is 5.11. The maximum atomic E-state index is 13.9.